The van der Waals surface area contributed by atoms with Gasteiger partial charge in [0.1, 0.15) is 23.8 Å². The quantitative estimate of drug-likeness (QED) is 0.195. The molecule has 0 aliphatic carbocycles. The highest BCUT2D eigenvalue weighted by Gasteiger charge is 2.27. The maximum absolute atomic E-state index is 13.6. The fraction of sp³-hybridized carbons (Fsp3) is 0.167. The summed E-state index contributed by atoms with van der Waals surface area (Å²) >= 11 is 5.95. The molecule has 0 atom stereocenters. The molecule has 0 fully saturated rings. The van der Waals surface area contributed by atoms with Crippen LogP contribution >= 0.6 is 11.6 Å². The number of hydrogen-bond donors (Lipinski definition) is 2. The third-order valence-corrected chi connectivity index (χ3v) is 9.65. The highest BCUT2D eigenvalue weighted by Crippen LogP contribution is 2.31. The predicted molar refractivity (Wildman–Crippen MR) is 169 cm³/mol. The zero-order valence-electron chi connectivity index (χ0n) is 24.0. The van der Waals surface area contributed by atoms with Crippen LogP contribution in [0.3, 0.4) is 0 Å². The molecule has 232 valence electrons. The molecule has 11 nitrogen and oxygen atoms in total. The Balaban J connectivity index is 1.54. The second-order valence-electron chi connectivity index (χ2n) is 9.14. The van der Waals surface area contributed by atoms with Crippen LogP contribution in [0.5, 0.6) is 17.2 Å². The zero-order chi connectivity index (χ0) is 31.9. The SMILES string of the molecule is CCOc1ccc(N(CC(=O)Nc2ccc(S(=O)(=O)Nc3cc(OC)ccc3OC)cc2)S(=O)(=O)c2ccc(Cl)cc2)cc1. The lowest BCUT2D eigenvalue weighted by Gasteiger charge is -2.24. The number of rotatable bonds is 13. The number of carbonyl (C=O) groups excluding carboxylic acids is 1. The number of hydrogen-bond acceptors (Lipinski definition) is 8. The number of carbonyl (C=O) groups is 1. The number of halogens is 1. The number of ether oxygens (including phenoxy) is 3. The van der Waals surface area contributed by atoms with Gasteiger partial charge in [-0.2, -0.15) is 0 Å². The van der Waals surface area contributed by atoms with Gasteiger partial charge in [0, 0.05) is 16.8 Å². The van der Waals surface area contributed by atoms with Crippen LogP contribution in [-0.4, -0.2) is 50.1 Å². The van der Waals surface area contributed by atoms with Crippen LogP contribution in [0.15, 0.2) is 101 Å². The van der Waals surface area contributed by atoms with Crippen LogP contribution in [0.2, 0.25) is 5.02 Å². The van der Waals surface area contributed by atoms with Gasteiger partial charge in [-0.1, -0.05) is 11.6 Å². The fourth-order valence-corrected chi connectivity index (χ4v) is 6.68. The molecule has 0 saturated heterocycles. The van der Waals surface area contributed by atoms with Gasteiger partial charge in [-0.15, -0.1) is 0 Å². The van der Waals surface area contributed by atoms with Crippen molar-refractivity contribution >= 4 is 54.6 Å². The van der Waals surface area contributed by atoms with E-state index in [0.29, 0.717) is 28.9 Å². The number of methoxy groups -OCH3 is 2. The van der Waals surface area contributed by atoms with Crippen molar-refractivity contribution in [3.8, 4) is 17.2 Å². The van der Waals surface area contributed by atoms with Crippen molar-refractivity contribution in [2.45, 2.75) is 16.7 Å². The van der Waals surface area contributed by atoms with Crippen LogP contribution in [0.25, 0.3) is 0 Å². The summed E-state index contributed by atoms with van der Waals surface area (Å²) in [5, 5.41) is 2.98. The standard InChI is InChI=1S/C30H30ClN3O8S2/c1-4-42-24-11-9-23(10-12-24)34(44(38,39)27-14-5-21(31)6-15-27)20-30(35)32-22-7-16-26(17-8-22)43(36,37)33-28-19-25(40-2)13-18-29(28)41-3/h5-19,33H,4,20H2,1-3H3,(H,32,35). The summed E-state index contributed by atoms with van der Waals surface area (Å²) in [6.07, 6.45) is 0. The van der Waals surface area contributed by atoms with Crippen molar-refractivity contribution in [2.24, 2.45) is 0 Å². The van der Waals surface area contributed by atoms with E-state index in [-0.39, 0.29) is 26.9 Å². The Morgan fingerprint density at radius 2 is 1.41 bits per heavy atom. The molecule has 0 heterocycles. The van der Waals surface area contributed by atoms with Crippen LogP contribution in [0.4, 0.5) is 17.1 Å². The molecule has 0 aliphatic rings. The van der Waals surface area contributed by atoms with Gasteiger partial charge in [0.25, 0.3) is 20.0 Å². The topological polar surface area (TPSA) is 140 Å². The minimum atomic E-state index is -4.18. The van der Waals surface area contributed by atoms with Crippen molar-refractivity contribution in [3.63, 3.8) is 0 Å². The highest BCUT2D eigenvalue weighted by molar-refractivity contribution is 7.93. The van der Waals surface area contributed by atoms with Crippen LogP contribution < -0.4 is 28.6 Å². The van der Waals surface area contributed by atoms with Gasteiger partial charge in [-0.05, 0) is 91.9 Å². The number of anilines is 3. The summed E-state index contributed by atoms with van der Waals surface area (Å²) in [5.41, 5.74) is 0.669. The van der Waals surface area contributed by atoms with E-state index in [1.54, 1.807) is 24.3 Å². The molecule has 14 heteroatoms. The van der Waals surface area contributed by atoms with E-state index in [4.69, 9.17) is 25.8 Å². The zero-order valence-corrected chi connectivity index (χ0v) is 26.4. The summed E-state index contributed by atoms with van der Waals surface area (Å²) in [5.74, 6) is 0.605. The fourth-order valence-electron chi connectivity index (χ4n) is 4.07. The second-order valence-corrected chi connectivity index (χ2v) is 13.1. The molecule has 0 bridgehead atoms. The first-order valence-electron chi connectivity index (χ1n) is 13.1. The molecule has 2 N–H and O–H groups in total. The molecule has 0 aliphatic heterocycles. The molecule has 0 aromatic heterocycles. The average molecular weight is 660 g/mol. The van der Waals surface area contributed by atoms with Gasteiger partial charge in [0.05, 0.1) is 42.0 Å². The Kier molecular flexibility index (Phi) is 10.2. The van der Waals surface area contributed by atoms with Crippen molar-refractivity contribution in [3.05, 3.63) is 96.0 Å². The summed E-state index contributed by atoms with van der Waals surface area (Å²) in [6.45, 7) is 1.68. The number of sulfonamides is 2. The average Bonchev–Trinajstić information content (AvgIpc) is 3.00. The number of nitrogens with zero attached hydrogens (tertiary/aromatic N) is 1. The third-order valence-electron chi connectivity index (χ3n) is 6.22. The number of amides is 1. The minimum absolute atomic E-state index is 0.0571. The second kappa shape index (κ2) is 13.9. The maximum atomic E-state index is 13.6. The van der Waals surface area contributed by atoms with Crippen molar-refractivity contribution in [2.75, 3.05) is 41.7 Å². The van der Waals surface area contributed by atoms with Gasteiger partial charge >= 0.3 is 0 Å². The van der Waals surface area contributed by atoms with Gasteiger partial charge in [0.15, 0.2) is 0 Å². The molecule has 4 rings (SSSR count). The minimum Gasteiger partial charge on any atom is -0.497 e. The largest absolute Gasteiger partial charge is 0.497 e. The van der Waals surface area contributed by atoms with E-state index in [1.807, 2.05) is 6.92 Å². The van der Waals surface area contributed by atoms with E-state index >= 15 is 0 Å². The molecule has 0 spiro atoms. The van der Waals surface area contributed by atoms with Gasteiger partial charge in [-0.25, -0.2) is 16.8 Å². The molecule has 0 saturated carbocycles. The molecule has 44 heavy (non-hydrogen) atoms. The summed E-state index contributed by atoms with van der Waals surface area (Å²) in [4.78, 5) is 13.0. The van der Waals surface area contributed by atoms with Crippen molar-refractivity contribution in [1.29, 1.82) is 0 Å². The lowest BCUT2D eigenvalue weighted by Crippen LogP contribution is -2.38. The molecule has 4 aromatic carbocycles. The number of nitrogens with one attached hydrogen (secondary N) is 2. The van der Waals surface area contributed by atoms with Gasteiger partial charge in [-0.3, -0.25) is 13.8 Å². The number of benzene rings is 4. The molecular formula is C30H30ClN3O8S2. The molecule has 4 aromatic rings. The lowest BCUT2D eigenvalue weighted by molar-refractivity contribution is -0.114. The first-order chi connectivity index (χ1) is 21.0. The van der Waals surface area contributed by atoms with Crippen LogP contribution in [-0.2, 0) is 24.8 Å². The Hall–Kier alpha value is -4.46. The third kappa shape index (κ3) is 7.73. The van der Waals surface area contributed by atoms with Gasteiger partial charge < -0.3 is 19.5 Å². The highest BCUT2D eigenvalue weighted by atomic mass is 35.5. The summed E-state index contributed by atoms with van der Waals surface area (Å²) in [6, 6.07) is 22.0. The van der Waals surface area contributed by atoms with E-state index in [1.165, 1.54) is 80.9 Å². The Labute approximate surface area is 261 Å². The van der Waals surface area contributed by atoms with Crippen molar-refractivity contribution < 1.29 is 35.8 Å². The first-order valence-corrected chi connectivity index (χ1v) is 16.4. The predicted octanol–water partition coefficient (Wildman–Crippen LogP) is 5.39. The Morgan fingerprint density at radius 1 is 0.795 bits per heavy atom. The maximum Gasteiger partial charge on any atom is 0.264 e. The van der Waals surface area contributed by atoms with E-state index in [0.717, 1.165) is 4.31 Å². The smallest absolute Gasteiger partial charge is 0.264 e. The normalized spacial score (nSPS) is 11.4. The van der Waals surface area contributed by atoms with E-state index in [9.17, 15) is 21.6 Å². The Morgan fingerprint density at radius 3 is 2.00 bits per heavy atom. The lowest BCUT2D eigenvalue weighted by atomic mass is 10.3. The molecule has 1 amide bonds. The van der Waals surface area contributed by atoms with Gasteiger partial charge in [0.2, 0.25) is 5.91 Å². The summed E-state index contributed by atoms with van der Waals surface area (Å²) < 4.78 is 72.6. The Bertz CT molecular complexity index is 1820. The van der Waals surface area contributed by atoms with E-state index < -0.39 is 32.5 Å². The van der Waals surface area contributed by atoms with E-state index in [2.05, 4.69) is 10.0 Å². The molecular weight excluding hydrogens is 630 g/mol. The van der Waals surface area contributed by atoms with Crippen LogP contribution in [0.1, 0.15) is 6.92 Å². The first kappa shape index (κ1) is 32.5. The molecule has 0 unspecified atom stereocenters. The summed E-state index contributed by atoms with van der Waals surface area (Å²) in [7, 11) is -5.35. The molecule has 0 radical (unpaired) electrons. The van der Waals surface area contributed by atoms with Crippen LogP contribution in [0, 0.1) is 0 Å². The monoisotopic (exact) mass is 659 g/mol. The van der Waals surface area contributed by atoms with Crippen molar-refractivity contribution in [1.82, 2.24) is 0 Å².